The average Bonchev–Trinajstić information content (AvgIpc) is 3.17. The lowest BCUT2D eigenvalue weighted by Crippen LogP contribution is -2.60. The molecule has 1 aromatic heterocycles. The second-order valence-electron chi connectivity index (χ2n) is 9.12. The lowest BCUT2D eigenvalue weighted by Gasteiger charge is -2.54. The van der Waals surface area contributed by atoms with Gasteiger partial charge in [0, 0.05) is 24.5 Å². The number of likely N-dealkylation sites (tertiary alicyclic amines) is 1. The topological polar surface area (TPSA) is 52.2 Å². The Bertz CT molecular complexity index is 947. The van der Waals surface area contributed by atoms with Gasteiger partial charge >= 0.3 is 0 Å². The van der Waals surface area contributed by atoms with Crippen molar-refractivity contribution in [1.29, 1.82) is 0 Å². The van der Waals surface area contributed by atoms with Crippen molar-refractivity contribution in [2.75, 3.05) is 19.6 Å². The van der Waals surface area contributed by atoms with Gasteiger partial charge in [-0.1, -0.05) is 36.3 Å². The third kappa shape index (κ3) is 2.48. The molecular weight excluding hydrogens is 348 g/mol. The summed E-state index contributed by atoms with van der Waals surface area (Å²) in [6, 6.07) is 8.98. The first-order valence-electron chi connectivity index (χ1n) is 11.0. The first-order chi connectivity index (χ1) is 13.8. The molecule has 3 saturated heterocycles. The number of fused-ring (bicyclic) bond motifs is 7. The molecule has 0 saturated carbocycles. The lowest BCUT2D eigenvalue weighted by molar-refractivity contribution is 0.00136. The quantitative estimate of drug-likeness (QED) is 0.774. The van der Waals surface area contributed by atoms with Crippen LogP contribution >= 0.6 is 0 Å². The number of carbonyl (C=O) groups excluding carboxylic acids is 1. The molecule has 2 bridgehead atoms. The van der Waals surface area contributed by atoms with E-state index in [4.69, 9.17) is 0 Å². The molecule has 0 unspecified atom stereocenters. The van der Waals surface area contributed by atoms with Gasteiger partial charge in [0.2, 0.25) is 0 Å². The van der Waals surface area contributed by atoms with Gasteiger partial charge in [-0.25, -0.2) is 0 Å². The molecule has 1 amide bonds. The van der Waals surface area contributed by atoms with Crippen molar-refractivity contribution >= 4 is 16.8 Å². The average molecular weight is 377 g/mol. The molecule has 146 valence electrons. The highest BCUT2D eigenvalue weighted by Crippen LogP contribution is 2.45. The van der Waals surface area contributed by atoms with Crippen LogP contribution in [0.3, 0.4) is 0 Å². The molecule has 0 radical (unpaired) electrons. The summed E-state index contributed by atoms with van der Waals surface area (Å²) in [5, 5.41) is 8.39. The van der Waals surface area contributed by atoms with Crippen LogP contribution in [0.4, 0.5) is 0 Å². The Kier molecular flexibility index (Phi) is 3.86. The minimum absolute atomic E-state index is 0.104. The highest BCUT2D eigenvalue weighted by atomic mass is 16.2. The van der Waals surface area contributed by atoms with Crippen molar-refractivity contribution in [2.45, 2.75) is 50.6 Å². The van der Waals surface area contributed by atoms with Gasteiger partial charge in [0.25, 0.3) is 5.91 Å². The van der Waals surface area contributed by atoms with E-state index in [2.05, 4.69) is 26.1 Å². The van der Waals surface area contributed by atoms with Crippen molar-refractivity contribution in [3.05, 3.63) is 41.6 Å². The molecule has 4 heterocycles. The molecule has 28 heavy (non-hydrogen) atoms. The number of nitrogens with zero attached hydrogens (tertiary/aromatic N) is 3. The minimum atomic E-state index is 0.104. The predicted molar refractivity (Wildman–Crippen MR) is 109 cm³/mol. The van der Waals surface area contributed by atoms with Crippen LogP contribution in [0.2, 0.25) is 0 Å². The Hall–Kier alpha value is -2.14. The largest absolute Gasteiger partial charge is 0.330 e. The summed E-state index contributed by atoms with van der Waals surface area (Å²) in [7, 11) is 0. The van der Waals surface area contributed by atoms with E-state index in [0.717, 1.165) is 42.9 Å². The molecule has 1 aliphatic carbocycles. The van der Waals surface area contributed by atoms with Crippen LogP contribution in [0.1, 0.15) is 49.0 Å². The molecule has 5 heteroatoms. The zero-order valence-electron chi connectivity index (χ0n) is 16.3. The zero-order valence-corrected chi connectivity index (χ0v) is 16.3. The summed E-state index contributed by atoms with van der Waals surface area (Å²) in [5.41, 5.74) is 3.06. The lowest BCUT2D eigenvalue weighted by atomic mass is 9.68. The number of benzene rings is 1. The van der Waals surface area contributed by atoms with E-state index in [1.807, 2.05) is 24.3 Å². The van der Waals surface area contributed by atoms with Crippen molar-refractivity contribution in [1.82, 2.24) is 20.0 Å². The number of aromatic amines is 1. The van der Waals surface area contributed by atoms with Crippen molar-refractivity contribution in [2.24, 2.45) is 11.8 Å². The summed E-state index contributed by atoms with van der Waals surface area (Å²) in [6.45, 7) is 3.26. The van der Waals surface area contributed by atoms with Crippen LogP contribution in [0, 0.1) is 11.8 Å². The molecule has 2 aromatic rings. The predicted octanol–water partition coefficient (Wildman–Crippen LogP) is 3.60. The molecule has 4 atom stereocenters. The van der Waals surface area contributed by atoms with Gasteiger partial charge in [-0.2, -0.15) is 5.10 Å². The fraction of sp³-hybridized carbons (Fsp3) is 0.565. The van der Waals surface area contributed by atoms with Crippen LogP contribution in [-0.2, 0) is 0 Å². The Labute approximate surface area is 165 Å². The van der Waals surface area contributed by atoms with E-state index >= 15 is 0 Å². The maximum atomic E-state index is 13.6. The molecule has 3 aliphatic heterocycles. The Morgan fingerprint density at radius 2 is 2.07 bits per heavy atom. The summed E-state index contributed by atoms with van der Waals surface area (Å²) >= 11 is 0. The van der Waals surface area contributed by atoms with E-state index in [1.165, 1.54) is 37.8 Å². The Morgan fingerprint density at radius 1 is 1.14 bits per heavy atom. The van der Waals surface area contributed by atoms with Crippen LogP contribution in [-0.4, -0.2) is 57.6 Å². The highest BCUT2D eigenvalue weighted by Gasteiger charge is 2.47. The number of carbonyl (C=O) groups is 1. The van der Waals surface area contributed by atoms with E-state index in [0.29, 0.717) is 17.5 Å². The number of para-hydroxylation sites is 1. The normalized spacial score (nSPS) is 32.6. The summed E-state index contributed by atoms with van der Waals surface area (Å²) in [6.07, 6.45) is 10.1. The standard InChI is InChI=1S/C23H28N4O/c28-23(21-18-7-1-2-8-19(18)24-25-21)27-11-5-6-15-12-16-13-17(22(15)27)14-26-10-4-3-9-20(16)26/h1-2,7-8,12,16-17,20,22H,3-6,9-11,13-14H2,(H,24,25)/t16-,17+,20-,22-/m1/s1. The van der Waals surface area contributed by atoms with Gasteiger partial charge in [0.1, 0.15) is 0 Å². The molecule has 3 fully saturated rings. The molecular formula is C23H28N4O. The van der Waals surface area contributed by atoms with E-state index in [1.54, 1.807) is 0 Å². The van der Waals surface area contributed by atoms with E-state index in [9.17, 15) is 4.79 Å². The number of piperidine rings is 3. The van der Waals surface area contributed by atoms with Gasteiger partial charge in [0.05, 0.1) is 11.6 Å². The number of aromatic nitrogens is 2. The van der Waals surface area contributed by atoms with Crippen LogP contribution < -0.4 is 0 Å². The number of rotatable bonds is 1. The third-order valence-electron chi connectivity index (χ3n) is 7.59. The van der Waals surface area contributed by atoms with Crippen LogP contribution in [0.5, 0.6) is 0 Å². The molecule has 1 N–H and O–H groups in total. The van der Waals surface area contributed by atoms with Crippen molar-refractivity contribution < 1.29 is 4.79 Å². The van der Waals surface area contributed by atoms with Gasteiger partial charge in [-0.05, 0) is 56.6 Å². The van der Waals surface area contributed by atoms with Crippen molar-refractivity contribution in [3.8, 4) is 0 Å². The highest BCUT2D eigenvalue weighted by molar-refractivity contribution is 6.04. The van der Waals surface area contributed by atoms with Crippen molar-refractivity contribution in [3.63, 3.8) is 0 Å². The van der Waals surface area contributed by atoms with E-state index in [-0.39, 0.29) is 11.9 Å². The molecule has 4 aliphatic rings. The smallest absolute Gasteiger partial charge is 0.275 e. The van der Waals surface area contributed by atoms with Gasteiger partial charge in [-0.15, -0.1) is 0 Å². The second kappa shape index (κ2) is 6.45. The Balaban J connectivity index is 1.36. The fourth-order valence-corrected chi connectivity index (χ4v) is 6.46. The SMILES string of the molecule is O=C(c1n[nH]c2ccccc12)N1CCCC2=C[C@@H]3C[C@@H](CN4CCCC[C@H]34)[C@@H]21. The summed E-state index contributed by atoms with van der Waals surface area (Å²) < 4.78 is 0. The van der Waals surface area contributed by atoms with Gasteiger partial charge < -0.3 is 4.90 Å². The molecule has 0 spiro atoms. The van der Waals surface area contributed by atoms with Gasteiger partial charge in [-0.3, -0.25) is 14.8 Å². The second-order valence-corrected chi connectivity index (χ2v) is 9.12. The number of nitrogens with one attached hydrogen (secondary N) is 1. The fourth-order valence-electron chi connectivity index (χ4n) is 6.46. The number of hydrogen-bond donors (Lipinski definition) is 1. The number of H-pyrrole nitrogens is 1. The van der Waals surface area contributed by atoms with E-state index < -0.39 is 0 Å². The summed E-state index contributed by atoms with van der Waals surface area (Å²) in [5.74, 6) is 1.38. The number of hydrogen-bond acceptors (Lipinski definition) is 3. The van der Waals surface area contributed by atoms with Crippen LogP contribution in [0.15, 0.2) is 35.9 Å². The first kappa shape index (κ1) is 16.8. The van der Waals surface area contributed by atoms with Gasteiger partial charge in [0.15, 0.2) is 5.69 Å². The van der Waals surface area contributed by atoms with Crippen LogP contribution in [0.25, 0.3) is 10.9 Å². The zero-order chi connectivity index (χ0) is 18.7. The molecule has 6 rings (SSSR count). The third-order valence-corrected chi connectivity index (χ3v) is 7.59. The maximum absolute atomic E-state index is 13.6. The maximum Gasteiger partial charge on any atom is 0.275 e. The monoisotopic (exact) mass is 376 g/mol. The molecule has 1 aromatic carbocycles. The Morgan fingerprint density at radius 3 is 3.04 bits per heavy atom. The first-order valence-corrected chi connectivity index (χ1v) is 11.0. The molecule has 5 nitrogen and oxygen atoms in total. The minimum Gasteiger partial charge on any atom is -0.330 e. The number of amides is 1. The summed E-state index contributed by atoms with van der Waals surface area (Å²) in [4.78, 5) is 18.5.